The van der Waals surface area contributed by atoms with E-state index < -0.39 is 17.6 Å². The van der Waals surface area contributed by atoms with Gasteiger partial charge in [0.25, 0.3) is 0 Å². The molecular formula is C15H21F4N. The average molecular weight is 291 g/mol. The third-order valence-corrected chi connectivity index (χ3v) is 3.41. The molecule has 1 aromatic rings. The number of hydrogen-bond donors (Lipinski definition) is 1. The van der Waals surface area contributed by atoms with Gasteiger partial charge in [0.05, 0.1) is 5.56 Å². The van der Waals surface area contributed by atoms with Crippen molar-refractivity contribution >= 4 is 5.69 Å². The number of alkyl halides is 3. The second kappa shape index (κ2) is 7.50. The minimum absolute atomic E-state index is 0.314. The van der Waals surface area contributed by atoms with E-state index in [9.17, 15) is 17.6 Å². The Kier molecular flexibility index (Phi) is 6.30. The molecule has 0 saturated heterocycles. The molecule has 0 aromatic heterocycles. The van der Waals surface area contributed by atoms with Gasteiger partial charge in [-0.1, -0.05) is 33.1 Å². The molecule has 1 aromatic carbocycles. The average Bonchev–Trinajstić information content (AvgIpc) is 2.39. The summed E-state index contributed by atoms with van der Waals surface area (Å²) in [4.78, 5) is 0. The first kappa shape index (κ1) is 16.8. The molecular weight excluding hydrogens is 270 g/mol. The third kappa shape index (κ3) is 5.02. The molecule has 0 fully saturated rings. The van der Waals surface area contributed by atoms with Gasteiger partial charge < -0.3 is 5.32 Å². The SMILES string of the molecule is CCCCC(CC)CNc1ccc(F)c(C(F)(F)F)c1. The second-order valence-electron chi connectivity index (χ2n) is 4.99. The van der Waals surface area contributed by atoms with Crippen molar-refractivity contribution in [1.82, 2.24) is 0 Å². The van der Waals surface area contributed by atoms with E-state index in [-0.39, 0.29) is 0 Å². The van der Waals surface area contributed by atoms with Gasteiger partial charge >= 0.3 is 6.18 Å². The Morgan fingerprint density at radius 1 is 1.20 bits per heavy atom. The molecule has 0 saturated carbocycles. The van der Waals surface area contributed by atoms with Crippen LogP contribution in [0.15, 0.2) is 18.2 Å². The van der Waals surface area contributed by atoms with E-state index in [2.05, 4.69) is 19.2 Å². The summed E-state index contributed by atoms with van der Waals surface area (Å²) in [6.45, 7) is 4.78. The summed E-state index contributed by atoms with van der Waals surface area (Å²) in [5, 5.41) is 2.98. The molecule has 0 heterocycles. The summed E-state index contributed by atoms with van der Waals surface area (Å²) in [6.07, 6.45) is -0.426. The van der Waals surface area contributed by atoms with Crippen LogP contribution in [0.5, 0.6) is 0 Å². The predicted molar refractivity (Wildman–Crippen MR) is 73.2 cm³/mol. The molecule has 0 spiro atoms. The Bertz CT molecular complexity index is 415. The maximum Gasteiger partial charge on any atom is 0.419 e. The molecule has 0 bridgehead atoms. The smallest absolute Gasteiger partial charge is 0.385 e. The molecule has 20 heavy (non-hydrogen) atoms. The molecule has 114 valence electrons. The number of rotatable bonds is 7. The molecule has 1 rings (SSSR count). The summed E-state index contributed by atoms with van der Waals surface area (Å²) in [7, 11) is 0. The van der Waals surface area contributed by atoms with Crippen LogP contribution in [-0.4, -0.2) is 6.54 Å². The first-order valence-electron chi connectivity index (χ1n) is 6.99. The number of unbranched alkanes of at least 4 members (excludes halogenated alkanes) is 1. The minimum Gasteiger partial charge on any atom is -0.385 e. The van der Waals surface area contributed by atoms with Crippen molar-refractivity contribution in [2.45, 2.75) is 45.7 Å². The number of anilines is 1. The maximum absolute atomic E-state index is 13.1. The van der Waals surface area contributed by atoms with Crippen molar-refractivity contribution in [2.75, 3.05) is 11.9 Å². The largest absolute Gasteiger partial charge is 0.419 e. The van der Waals surface area contributed by atoms with Crippen LogP contribution < -0.4 is 5.32 Å². The van der Waals surface area contributed by atoms with Crippen molar-refractivity contribution in [3.63, 3.8) is 0 Å². The quantitative estimate of drug-likeness (QED) is 0.656. The van der Waals surface area contributed by atoms with Gasteiger partial charge in [-0.2, -0.15) is 13.2 Å². The van der Waals surface area contributed by atoms with Crippen molar-refractivity contribution in [2.24, 2.45) is 5.92 Å². The van der Waals surface area contributed by atoms with Gasteiger partial charge in [-0.15, -0.1) is 0 Å². The Hall–Kier alpha value is -1.26. The van der Waals surface area contributed by atoms with E-state index in [1.54, 1.807) is 0 Å². The highest BCUT2D eigenvalue weighted by molar-refractivity contribution is 5.47. The summed E-state index contributed by atoms with van der Waals surface area (Å²) >= 11 is 0. The first-order valence-corrected chi connectivity index (χ1v) is 6.99. The zero-order valence-electron chi connectivity index (χ0n) is 11.9. The van der Waals surface area contributed by atoms with Gasteiger partial charge in [0, 0.05) is 12.2 Å². The summed E-state index contributed by atoms with van der Waals surface area (Å²) in [5.41, 5.74) is -0.905. The standard InChI is InChI=1S/C15H21F4N/c1-3-5-6-11(4-2)10-20-12-7-8-14(16)13(9-12)15(17,18)19/h7-9,11,20H,3-6,10H2,1-2H3. The highest BCUT2D eigenvalue weighted by atomic mass is 19.4. The lowest BCUT2D eigenvalue weighted by molar-refractivity contribution is -0.139. The normalized spacial score (nSPS) is 13.3. The van der Waals surface area contributed by atoms with Crippen LogP contribution in [0.1, 0.15) is 45.1 Å². The Morgan fingerprint density at radius 3 is 2.45 bits per heavy atom. The predicted octanol–water partition coefficient (Wildman–Crippen LogP) is 5.47. The van der Waals surface area contributed by atoms with Crippen molar-refractivity contribution < 1.29 is 17.6 Å². The molecule has 1 unspecified atom stereocenters. The summed E-state index contributed by atoms with van der Waals surface area (Å²) in [5.74, 6) is -0.810. The topological polar surface area (TPSA) is 12.0 Å². The van der Waals surface area contributed by atoms with Crippen molar-refractivity contribution in [3.05, 3.63) is 29.6 Å². The zero-order chi connectivity index (χ0) is 15.2. The van der Waals surface area contributed by atoms with E-state index in [1.165, 1.54) is 6.07 Å². The zero-order valence-corrected chi connectivity index (χ0v) is 11.9. The Labute approximate surface area is 117 Å². The number of benzene rings is 1. The van der Waals surface area contributed by atoms with Gasteiger partial charge in [0.15, 0.2) is 0 Å². The van der Waals surface area contributed by atoms with Gasteiger partial charge in [-0.05, 0) is 30.5 Å². The van der Waals surface area contributed by atoms with Crippen LogP contribution in [0, 0.1) is 11.7 Å². The molecule has 5 heteroatoms. The monoisotopic (exact) mass is 291 g/mol. The van der Waals surface area contributed by atoms with E-state index in [4.69, 9.17) is 0 Å². The fourth-order valence-electron chi connectivity index (χ4n) is 2.06. The molecule has 0 aliphatic rings. The molecule has 0 radical (unpaired) electrons. The highest BCUT2D eigenvalue weighted by Crippen LogP contribution is 2.33. The fourth-order valence-corrected chi connectivity index (χ4v) is 2.06. The van der Waals surface area contributed by atoms with Gasteiger partial charge in [0.2, 0.25) is 0 Å². The van der Waals surface area contributed by atoms with Crippen LogP contribution in [0.3, 0.4) is 0 Å². The van der Waals surface area contributed by atoms with Crippen molar-refractivity contribution in [1.29, 1.82) is 0 Å². The van der Waals surface area contributed by atoms with Gasteiger partial charge in [-0.3, -0.25) is 0 Å². The van der Waals surface area contributed by atoms with Gasteiger partial charge in [0.1, 0.15) is 5.82 Å². The molecule has 0 aliphatic heterocycles. The maximum atomic E-state index is 13.1. The van der Waals surface area contributed by atoms with E-state index in [0.29, 0.717) is 18.2 Å². The Morgan fingerprint density at radius 2 is 1.90 bits per heavy atom. The second-order valence-corrected chi connectivity index (χ2v) is 4.99. The van der Waals surface area contributed by atoms with E-state index >= 15 is 0 Å². The number of nitrogens with one attached hydrogen (secondary N) is 1. The lowest BCUT2D eigenvalue weighted by Crippen LogP contribution is -2.15. The van der Waals surface area contributed by atoms with Gasteiger partial charge in [-0.25, -0.2) is 4.39 Å². The van der Waals surface area contributed by atoms with Crippen LogP contribution >= 0.6 is 0 Å². The number of halogens is 4. The minimum atomic E-state index is -4.66. The van der Waals surface area contributed by atoms with Crippen LogP contribution in [0.4, 0.5) is 23.2 Å². The lowest BCUT2D eigenvalue weighted by Gasteiger charge is -2.17. The number of hydrogen-bond acceptors (Lipinski definition) is 1. The molecule has 1 nitrogen and oxygen atoms in total. The fraction of sp³-hybridized carbons (Fsp3) is 0.600. The molecule has 1 N–H and O–H groups in total. The van der Waals surface area contributed by atoms with E-state index in [0.717, 1.165) is 37.8 Å². The third-order valence-electron chi connectivity index (χ3n) is 3.41. The lowest BCUT2D eigenvalue weighted by atomic mass is 9.99. The molecule has 0 amide bonds. The Balaban J connectivity index is 2.69. The summed E-state index contributed by atoms with van der Waals surface area (Å²) < 4.78 is 50.9. The van der Waals surface area contributed by atoms with Crippen molar-refractivity contribution in [3.8, 4) is 0 Å². The first-order chi connectivity index (χ1) is 9.38. The molecule has 0 aliphatic carbocycles. The highest BCUT2D eigenvalue weighted by Gasteiger charge is 2.34. The van der Waals surface area contributed by atoms with Crippen LogP contribution in [0.25, 0.3) is 0 Å². The van der Waals surface area contributed by atoms with Crippen LogP contribution in [0.2, 0.25) is 0 Å². The molecule has 1 atom stereocenters. The van der Waals surface area contributed by atoms with E-state index in [1.807, 2.05) is 0 Å². The van der Waals surface area contributed by atoms with Crippen LogP contribution in [-0.2, 0) is 6.18 Å². The summed E-state index contributed by atoms with van der Waals surface area (Å²) in [6, 6.07) is 3.04.